The quantitative estimate of drug-likeness (QED) is 0.590. The molecule has 0 heterocycles. The largest absolute Gasteiger partial charge is 0.496 e. The summed E-state index contributed by atoms with van der Waals surface area (Å²) in [6, 6.07) is 25.3. The highest BCUT2D eigenvalue weighted by Gasteiger charge is 2.13. The Morgan fingerprint density at radius 3 is 2.34 bits per heavy atom. The first-order valence-electron chi connectivity index (χ1n) is 9.64. The molecule has 2 N–H and O–H groups in total. The highest BCUT2D eigenvalue weighted by atomic mass is 16.5. The van der Waals surface area contributed by atoms with Gasteiger partial charge in [0.15, 0.2) is 6.54 Å². The van der Waals surface area contributed by atoms with Crippen LogP contribution in [-0.4, -0.2) is 26.6 Å². The van der Waals surface area contributed by atoms with E-state index in [1.807, 2.05) is 85.9 Å². The van der Waals surface area contributed by atoms with Crippen molar-refractivity contribution in [3.05, 3.63) is 90.0 Å². The van der Waals surface area contributed by atoms with E-state index >= 15 is 0 Å². The standard InChI is InChI=1S/C24H26N2O3/c1-26(16-20-10-6-7-11-23(20)28-2)17-24(27)25-21-12-14-22(15-13-21)29-18-19-8-4-3-5-9-19/h3-15H,16-18H2,1-2H3,(H,25,27)/p+1. The third-order valence-corrected chi connectivity index (χ3v) is 4.53. The van der Waals surface area contributed by atoms with E-state index in [0.717, 1.165) is 33.2 Å². The summed E-state index contributed by atoms with van der Waals surface area (Å²) in [6.45, 7) is 1.59. The molecule has 0 aliphatic rings. The number of para-hydroxylation sites is 1. The summed E-state index contributed by atoms with van der Waals surface area (Å²) < 4.78 is 11.2. The lowest BCUT2D eigenvalue weighted by molar-refractivity contribution is -0.885. The normalized spacial score (nSPS) is 11.5. The summed E-state index contributed by atoms with van der Waals surface area (Å²) in [5.74, 6) is 1.58. The number of benzene rings is 3. The van der Waals surface area contributed by atoms with E-state index in [0.29, 0.717) is 19.7 Å². The van der Waals surface area contributed by atoms with Crippen molar-refractivity contribution in [3.63, 3.8) is 0 Å². The average molecular weight is 391 g/mol. The molecule has 5 heteroatoms. The van der Waals surface area contributed by atoms with Crippen molar-refractivity contribution in [1.29, 1.82) is 0 Å². The minimum absolute atomic E-state index is 0.0321. The summed E-state index contributed by atoms with van der Waals surface area (Å²) in [5, 5.41) is 2.94. The van der Waals surface area contributed by atoms with Crippen LogP contribution in [0.1, 0.15) is 11.1 Å². The fourth-order valence-electron chi connectivity index (χ4n) is 3.09. The van der Waals surface area contributed by atoms with E-state index in [1.165, 1.54) is 0 Å². The number of anilines is 1. The minimum atomic E-state index is -0.0321. The zero-order valence-corrected chi connectivity index (χ0v) is 16.9. The third kappa shape index (κ3) is 6.36. The van der Waals surface area contributed by atoms with E-state index in [1.54, 1.807) is 7.11 Å². The molecule has 3 aromatic rings. The van der Waals surface area contributed by atoms with Gasteiger partial charge >= 0.3 is 0 Å². The van der Waals surface area contributed by atoms with Crippen LogP contribution < -0.4 is 19.7 Å². The maximum atomic E-state index is 12.4. The Morgan fingerprint density at radius 1 is 0.931 bits per heavy atom. The Kier molecular flexibility index (Phi) is 7.25. The SMILES string of the molecule is COc1ccccc1C[NH+](C)CC(=O)Nc1ccc(OCc2ccccc2)cc1. The van der Waals surface area contributed by atoms with Crippen molar-refractivity contribution in [2.24, 2.45) is 0 Å². The van der Waals surface area contributed by atoms with Gasteiger partial charge in [-0.25, -0.2) is 0 Å². The van der Waals surface area contributed by atoms with Gasteiger partial charge in [-0.15, -0.1) is 0 Å². The zero-order valence-electron chi connectivity index (χ0n) is 16.9. The topological polar surface area (TPSA) is 52.0 Å². The first-order chi connectivity index (χ1) is 14.1. The van der Waals surface area contributed by atoms with E-state index in [9.17, 15) is 4.79 Å². The van der Waals surface area contributed by atoms with Gasteiger partial charge < -0.3 is 19.7 Å². The van der Waals surface area contributed by atoms with E-state index < -0.39 is 0 Å². The highest BCUT2D eigenvalue weighted by Crippen LogP contribution is 2.17. The molecule has 1 atom stereocenters. The van der Waals surface area contributed by atoms with Crippen molar-refractivity contribution < 1.29 is 19.2 Å². The van der Waals surface area contributed by atoms with Crippen LogP contribution >= 0.6 is 0 Å². The molecule has 0 radical (unpaired) electrons. The summed E-state index contributed by atoms with van der Waals surface area (Å²) in [6.07, 6.45) is 0. The maximum absolute atomic E-state index is 12.4. The fourth-order valence-corrected chi connectivity index (χ4v) is 3.09. The van der Waals surface area contributed by atoms with Crippen LogP contribution in [0.25, 0.3) is 0 Å². The minimum Gasteiger partial charge on any atom is -0.496 e. The van der Waals surface area contributed by atoms with Gasteiger partial charge in [0.1, 0.15) is 24.7 Å². The number of likely N-dealkylation sites (N-methyl/N-ethyl adjacent to an activating group) is 1. The number of hydrogen-bond acceptors (Lipinski definition) is 3. The summed E-state index contributed by atoms with van der Waals surface area (Å²) >= 11 is 0. The molecule has 0 bridgehead atoms. The molecule has 29 heavy (non-hydrogen) atoms. The number of rotatable bonds is 9. The molecule has 3 aromatic carbocycles. The van der Waals surface area contributed by atoms with Crippen molar-refractivity contribution in [2.75, 3.05) is 26.0 Å². The number of hydrogen-bond donors (Lipinski definition) is 2. The Labute approximate surface area is 171 Å². The second-order valence-corrected chi connectivity index (χ2v) is 6.97. The second-order valence-electron chi connectivity index (χ2n) is 6.97. The Balaban J connectivity index is 1.47. The number of amides is 1. The predicted molar refractivity (Wildman–Crippen MR) is 114 cm³/mol. The van der Waals surface area contributed by atoms with E-state index in [2.05, 4.69) is 5.32 Å². The molecular formula is C24H27N2O3+. The predicted octanol–water partition coefficient (Wildman–Crippen LogP) is 2.93. The van der Waals surface area contributed by atoms with Gasteiger partial charge in [0.25, 0.3) is 5.91 Å². The Bertz CT molecular complexity index is 911. The summed E-state index contributed by atoms with van der Waals surface area (Å²) in [7, 11) is 3.65. The fraction of sp³-hybridized carbons (Fsp3) is 0.208. The lowest BCUT2D eigenvalue weighted by atomic mass is 10.2. The molecule has 150 valence electrons. The van der Waals surface area contributed by atoms with Crippen LogP contribution in [0.15, 0.2) is 78.9 Å². The molecule has 0 aliphatic carbocycles. The number of ether oxygens (including phenoxy) is 2. The number of carbonyl (C=O) groups excluding carboxylic acids is 1. The molecule has 0 fully saturated rings. The molecule has 5 nitrogen and oxygen atoms in total. The van der Waals surface area contributed by atoms with Crippen LogP contribution in [0.2, 0.25) is 0 Å². The van der Waals surface area contributed by atoms with Crippen LogP contribution in [-0.2, 0) is 17.9 Å². The van der Waals surface area contributed by atoms with Gasteiger partial charge in [0.2, 0.25) is 0 Å². The number of quaternary nitrogens is 1. The van der Waals surface area contributed by atoms with Crippen LogP contribution in [0, 0.1) is 0 Å². The lowest BCUT2D eigenvalue weighted by Gasteiger charge is -2.16. The van der Waals surface area contributed by atoms with Gasteiger partial charge in [-0.05, 0) is 42.0 Å². The first kappa shape index (κ1) is 20.4. The van der Waals surface area contributed by atoms with E-state index in [-0.39, 0.29) is 5.91 Å². The van der Waals surface area contributed by atoms with Gasteiger partial charge in [0.05, 0.1) is 14.2 Å². The van der Waals surface area contributed by atoms with Crippen molar-refractivity contribution >= 4 is 11.6 Å². The molecule has 0 saturated carbocycles. The molecule has 3 rings (SSSR count). The van der Waals surface area contributed by atoms with Crippen LogP contribution in [0.3, 0.4) is 0 Å². The average Bonchev–Trinajstić information content (AvgIpc) is 2.74. The van der Waals surface area contributed by atoms with Crippen LogP contribution in [0.5, 0.6) is 11.5 Å². The first-order valence-corrected chi connectivity index (χ1v) is 9.64. The zero-order chi connectivity index (χ0) is 20.5. The summed E-state index contributed by atoms with van der Waals surface area (Å²) in [4.78, 5) is 13.4. The Hall–Kier alpha value is -3.31. The van der Waals surface area contributed by atoms with Gasteiger partial charge in [-0.3, -0.25) is 4.79 Å². The number of nitrogens with one attached hydrogen (secondary N) is 2. The molecule has 1 unspecified atom stereocenters. The molecule has 0 saturated heterocycles. The molecular weight excluding hydrogens is 364 g/mol. The number of carbonyl (C=O) groups is 1. The molecule has 0 aliphatic heterocycles. The monoisotopic (exact) mass is 391 g/mol. The van der Waals surface area contributed by atoms with Crippen molar-refractivity contribution in [2.45, 2.75) is 13.2 Å². The van der Waals surface area contributed by atoms with Gasteiger partial charge in [-0.2, -0.15) is 0 Å². The maximum Gasteiger partial charge on any atom is 0.279 e. The van der Waals surface area contributed by atoms with Gasteiger partial charge in [-0.1, -0.05) is 42.5 Å². The van der Waals surface area contributed by atoms with Crippen LogP contribution in [0.4, 0.5) is 5.69 Å². The summed E-state index contributed by atoms with van der Waals surface area (Å²) in [5.41, 5.74) is 2.96. The van der Waals surface area contributed by atoms with Crippen molar-refractivity contribution in [3.8, 4) is 11.5 Å². The van der Waals surface area contributed by atoms with E-state index in [4.69, 9.17) is 9.47 Å². The molecule has 0 aromatic heterocycles. The lowest BCUT2D eigenvalue weighted by Crippen LogP contribution is -3.08. The third-order valence-electron chi connectivity index (χ3n) is 4.53. The smallest absolute Gasteiger partial charge is 0.279 e. The molecule has 0 spiro atoms. The molecule has 1 amide bonds. The highest BCUT2D eigenvalue weighted by molar-refractivity contribution is 5.91. The van der Waals surface area contributed by atoms with Gasteiger partial charge in [0, 0.05) is 11.3 Å². The Morgan fingerprint density at radius 2 is 1.62 bits per heavy atom. The van der Waals surface area contributed by atoms with Crippen molar-refractivity contribution in [1.82, 2.24) is 0 Å². The number of methoxy groups -OCH3 is 1. The second kappa shape index (κ2) is 10.3.